The fourth-order valence-electron chi connectivity index (χ4n) is 8.88. The second-order valence-corrected chi connectivity index (χ2v) is 15.4. The zero-order valence-corrected chi connectivity index (χ0v) is 30.4. The Kier molecular flexibility index (Phi) is 9.02. The highest BCUT2D eigenvalue weighted by molar-refractivity contribution is 6.09. The van der Waals surface area contributed by atoms with Crippen LogP contribution in [-0.2, 0) is 10.2 Å². The third kappa shape index (κ3) is 5.84. The van der Waals surface area contributed by atoms with Gasteiger partial charge in [0.1, 0.15) is 17.5 Å². The van der Waals surface area contributed by atoms with Crippen LogP contribution in [0, 0.1) is 12.7 Å². The lowest BCUT2D eigenvalue weighted by Crippen LogP contribution is -2.59. The second kappa shape index (κ2) is 13.5. The van der Waals surface area contributed by atoms with Crippen molar-refractivity contribution in [1.82, 2.24) is 30.1 Å². The number of pyridine rings is 1. The number of carbonyl (C=O) groups is 2. The van der Waals surface area contributed by atoms with Crippen LogP contribution in [0.2, 0.25) is 0 Å². The Hall–Kier alpha value is -4.42. The number of piperidine rings is 2. The van der Waals surface area contributed by atoms with Crippen molar-refractivity contribution in [1.29, 1.82) is 0 Å². The Bertz CT molecular complexity index is 2030. The number of benzene rings is 2. The van der Waals surface area contributed by atoms with Crippen LogP contribution in [0.5, 0.6) is 0 Å². The molecule has 12 heteroatoms. The van der Waals surface area contributed by atoms with Gasteiger partial charge in [0.25, 0.3) is 5.91 Å². The number of aromatic nitrogens is 3. The maximum atomic E-state index is 15.6. The van der Waals surface area contributed by atoms with Gasteiger partial charge in [-0.3, -0.25) is 14.5 Å². The lowest BCUT2D eigenvalue weighted by Gasteiger charge is -2.48. The average molecular weight is 711 g/mol. The first-order valence-electron chi connectivity index (χ1n) is 18.9. The van der Waals surface area contributed by atoms with Crippen molar-refractivity contribution in [3.8, 4) is 11.3 Å². The molecule has 3 N–H and O–H groups in total. The molecule has 0 unspecified atom stereocenters. The number of amides is 2. The van der Waals surface area contributed by atoms with Gasteiger partial charge in [0.05, 0.1) is 28.6 Å². The monoisotopic (exact) mass is 710 g/mol. The number of fused-ring (bicyclic) bond motifs is 3. The Balaban J connectivity index is 1.19. The molecule has 1 spiro atoms. The van der Waals surface area contributed by atoms with E-state index >= 15 is 4.39 Å². The van der Waals surface area contributed by atoms with Gasteiger partial charge in [-0.1, -0.05) is 12.1 Å². The van der Waals surface area contributed by atoms with E-state index in [0.717, 1.165) is 74.1 Å². The number of hydrogen-bond donors (Lipinski definition) is 3. The molecule has 3 fully saturated rings. The van der Waals surface area contributed by atoms with Gasteiger partial charge in [-0.25, -0.2) is 18.7 Å². The van der Waals surface area contributed by atoms with E-state index in [2.05, 4.69) is 33.0 Å². The first-order valence-corrected chi connectivity index (χ1v) is 18.9. The molecule has 8 rings (SSSR count). The quantitative estimate of drug-likeness (QED) is 0.190. The molecule has 2 saturated heterocycles. The molecule has 1 aliphatic carbocycles. The van der Waals surface area contributed by atoms with E-state index in [4.69, 9.17) is 9.97 Å². The minimum absolute atomic E-state index is 0.0544. The van der Waals surface area contributed by atoms with Gasteiger partial charge in [0, 0.05) is 48.0 Å². The Morgan fingerprint density at radius 1 is 1.12 bits per heavy atom. The van der Waals surface area contributed by atoms with Crippen LogP contribution >= 0.6 is 0 Å². The van der Waals surface area contributed by atoms with E-state index in [1.807, 2.05) is 42.4 Å². The number of hydrogen-bond acceptors (Lipinski definition) is 7. The molecule has 3 aliphatic heterocycles. The number of halogens is 2. The fourth-order valence-corrected chi connectivity index (χ4v) is 8.88. The average Bonchev–Trinajstić information content (AvgIpc) is 3.64. The van der Waals surface area contributed by atoms with E-state index < -0.39 is 17.4 Å². The van der Waals surface area contributed by atoms with Crippen LogP contribution in [0.4, 0.5) is 26.0 Å². The summed E-state index contributed by atoms with van der Waals surface area (Å²) in [5.74, 6) is -0.177. The molecule has 0 radical (unpaired) electrons. The Labute approximate surface area is 303 Å². The van der Waals surface area contributed by atoms with Crippen LogP contribution in [0.25, 0.3) is 22.3 Å². The summed E-state index contributed by atoms with van der Waals surface area (Å²) in [6.45, 7) is 11.1. The van der Waals surface area contributed by atoms with Crippen LogP contribution < -0.4 is 20.9 Å². The zero-order chi connectivity index (χ0) is 36.3. The molecule has 274 valence electrons. The number of anilines is 3. The smallest absolute Gasteiger partial charge is 0.251 e. The maximum absolute atomic E-state index is 15.6. The van der Waals surface area contributed by atoms with E-state index in [-0.39, 0.29) is 35.6 Å². The standard InChI is InChI=1S/C40H48F2N8O2/c1-5-44-38(51)29-19-33(31(42)15-24(29)4)47-37-36-34(45-22-49(36)23(2)3)20-32(46-37)25-8-9-30-35(16-25)50(39(52)40(30)10-12-43-13-11-40)28-17-27(18-28)48-14-6-7-26(41)21-48/h8-9,15-16,19-20,22-23,26-28,43H,5-7,10-14,17-18,21H2,1-4H3,(H,44,51)(H,46,47)/t26-,27?,28?/m1/s1. The van der Waals surface area contributed by atoms with E-state index in [0.29, 0.717) is 47.7 Å². The molecule has 10 nitrogen and oxygen atoms in total. The van der Waals surface area contributed by atoms with Crippen molar-refractivity contribution in [3.05, 3.63) is 65.2 Å². The zero-order valence-electron chi connectivity index (χ0n) is 30.4. The number of nitrogens with zero attached hydrogens (tertiary/aromatic N) is 5. The fraction of sp³-hybridized carbons (Fsp3) is 0.500. The van der Waals surface area contributed by atoms with Gasteiger partial charge in [-0.15, -0.1) is 0 Å². The van der Waals surface area contributed by atoms with Crippen LogP contribution in [0.1, 0.15) is 86.8 Å². The number of nitrogens with one attached hydrogen (secondary N) is 3. The number of likely N-dealkylation sites (tertiary alicyclic amines) is 1. The molecule has 0 bridgehead atoms. The van der Waals surface area contributed by atoms with Crippen molar-refractivity contribution >= 4 is 40.0 Å². The second-order valence-electron chi connectivity index (χ2n) is 15.4. The molecule has 52 heavy (non-hydrogen) atoms. The maximum Gasteiger partial charge on any atom is 0.251 e. The third-order valence-corrected chi connectivity index (χ3v) is 11.8. The van der Waals surface area contributed by atoms with Gasteiger partial charge in [0.2, 0.25) is 5.91 Å². The van der Waals surface area contributed by atoms with E-state index in [1.165, 1.54) is 12.1 Å². The highest BCUT2D eigenvalue weighted by Gasteiger charge is 2.55. The molecule has 1 atom stereocenters. The topological polar surface area (TPSA) is 107 Å². The molecule has 4 aliphatic rings. The number of imidazole rings is 1. The van der Waals surface area contributed by atoms with Crippen LogP contribution in [-0.4, -0.2) is 82.2 Å². The molecule has 2 aromatic carbocycles. The summed E-state index contributed by atoms with van der Waals surface area (Å²) in [6.07, 6.45) is 5.66. The number of carbonyl (C=O) groups excluding carboxylic acids is 2. The number of rotatable bonds is 8. The molecular formula is C40H48F2N8O2. The van der Waals surface area contributed by atoms with Crippen molar-refractivity contribution < 1.29 is 18.4 Å². The predicted octanol–water partition coefficient (Wildman–Crippen LogP) is 6.55. The number of aryl methyl sites for hydroxylation is 1. The largest absolute Gasteiger partial charge is 0.352 e. The van der Waals surface area contributed by atoms with Gasteiger partial charge in [-0.2, -0.15) is 0 Å². The molecule has 2 aromatic heterocycles. The highest BCUT2D eigenvalue weighted by atomic mass is 19.1. The Morgan fingerprint density at radius 3 is 2.63 bits per heavy atom. The lowest BCUT2D eigenvalue weighted by molar-refractivity contribution is -0.125. The summed E-state index contributed by atoms with van der Waals surface area (Å²) in [6, 6.07) is 11.5. The van der Waals surface area contributed by atoms with Gasteiger partial charge < -0.3 is 25.4 Å². The summed E-state index contributed by atoms with van der Waals surface area (Å²) in [5, 5.41) is 9.48. The lowest BCUT2D eigenvalue weighted by atomic mass is 9.74. The first-order chi connectivity index (χ1) is 25.1. The molecule has 2 amide bonds. The van der Waals surface area contributed by atoms with E-state index in [9.17, 15) is 14.0 Å². The molecular weight excluding hydrogens is 662 g/mol. The summed E-state index contributed by atoms with van der Waals surface area (Å²) < 4.78 is 31.8. The van der Waals surface area contributed by atoms with Crippen molar-refractivity contribution in [2.75, 3.05) is 42.9 Å². The molecule has 1 saturated carbocycles. The van der Waals surface area contributed by atoms with Gasteiger partial charge in [0.15, 0.2) is 5.82 Å². The third-order valence-electron chi connectivity index (χ3n) is 11.8. The minimum atomic E-state index is -0.774. The van der Waals surface area contributed by atoms with Crippen molar-refractivity contribution in [3.63, 3.8) is 0 Å². The molecule has 4 aromatic rings. The van der Waals surface area contributed by atoms with Gasteiger partial charge >= 0.3 is 0 Å². The predicted molar refractivity (Wildman–Crippen MR) is 200 cm³/mol. The van der Waals surface area contributed by atoms with Crippen LogP contribution in [0.3, 0.4) is 0 Å². The number of alkyl halides is 1. The van der Waals surface area contributed by atoms with Gasteiger partial charge in [-0.05, 0) is 121 Å². The highest BCUT2D eigenvalue weighted by Crippen LogP contribution is 2.51. The van der Waals surface area contributed by atoms with Crippen molar-refractivity contribution in [2.24, 2.45) is 0 Å². The summed E-state index contributed by atoms with van der Waals surface area (Å²) in [4.78, 5) is 41.5. The first kappa shape index (κ1) is 34.7. The van der Waals surface area contributed by atoms with E-state index in [1.54, 1.807) is 13.3 Å². The normalized spacial score (nSPS) is 22.9. The minimum Gasteiger partial charge on any atom is -0.352 e. The molecule has 5 heterocycles. The van der Waals surface area contributed by atoms with Crippen molar-refractivity contribution in [2.45, 2.75) is 95.9 Å². The summed E-state index contributed by atoms with van der Waals surface area (Å²) >= 11 is 0. The summed E-state index contributed by atoms with van der Waals surface area (Å²) in [5.41, 5.74) is 5.36. The SMILES string of the molecule is CCNC(=O)c1cc(Nc2nc(-c3ccc4c(c3)N(C3CC(N5CCC[C@@H](F)C5)C3)C(=O)C43CCNCC3)cc3ncn(C(C)C)c23)c(F)cc1C. The Morgan fingerprint density at radius 2 is 1.90 bits per heavy atom. The summed E-state index contributed by atoms with van der Waals surface area (Å²) in [7, 11) is 0. The van der Waals surface area contributed by atoms with Crippen LogP contribution in [0.15, 0.2) is 42.7 Å².